The van der Waals surface area contributed by atoms with E-state index in [-0.39, 0.29) is 18.4 Å². The van der Waals surface area contributed by atoms with E-state index in [0.717, 1.165) is 18.9 Å². The van der Waals surface area contributed by atoms with Crippen LogP contribution in [0.4, 0.5) is 11.4 Å². The normalized spacial score (nSPS) is 12.2. The lowest BCUT2D eigenvalue weighted by Gasteiger charge is -2.10. The molecule has 0 atom stereocenters. The zero-order valence-corrected chi connectivity index (χ0v) is 17.9. The molecular weight excluding hydrogens is 424 g/mol. The molecular formula is C22H26N8O3. The van der Waals surface area contributed by atoms with E-state index in [0.29, 0.717) is 35.5 Å². The first-order valence-electron chi connectivity index (χ1n) is 10.3. The number of benzene rings is 2. The van der Waals surface area contributed by atoms with Crippen molar-refractivity contribution in [2.75, 3.05) is 36.8 Å². The maximum absolute atomic E-state index is 12.7. The van der Waals surface area contributed by atoms with Gasteiger partial charge in [0.25, 0.3) is 11.8 Å². The van der Waals surface area contributed by atoms with Crippen molar-refractivity contribution in [2.24, 2.45) is 21.5 Å². The smallest absolute Gasteiger partial charge is 0.255 e. The van der Waals surface area contributed by atoms with Gasteiger partial charge in [0.05, 0.1) is 12.4 Å². The van der Waals surface area contributed by atoms with Crippen LogP contribution in [0, 0.1) is 0 Å². The van der Waals surface area contributed by atoms with E-state index in [1.807, 2.05) is 0 Å². The zero-order chi connectivity index (χ0) is 23.6. The van der Waals surface area contributed by atoms with E-state index < -0.39 is 11.8 Å². The molecule has 0 bridgehead atoms. The zero-order valence-electron chi connectivity index (χ0n) is 17.9. The van der Waals surface area contributed by atoms with Crippen LogP contribution < -0.4 is 32.7 Å². The number of amidine groups is 1. The molecule has 0 aromatic heterocycles. The lowest BCUT2D eigenvalue weighted by molar-refractivity contribution is -0.114. The number of carbonyl (C=O) groups excluding carboxylic acids is 3. The van der Waals surface area contributed by atoms with Gasteiger partial charge in [-0.05, 0) is 36.4 Å². The van der Waals surface area contributed by atoms with Gasteiger partial charge in [-0.1, -0.05) is 12.1 Å². The van der Waals surface area contributed by atoms with E-state index in [4.69, 9.17) is 11.5 Å². The number of nitrogens with two attached hydrogens (primary N) is 2. The van der Waals surface area contributed by atoms with Gasteiger partial charge in [0.15, 0.2) is 5.96 Å². The van der Waals surface area contributed by atoms with Crippen molar-refractivity contribution in [3.8, 4) is 0 Å². The quantitative estimate of drug-likeness (QED) is 0.236. The van der Waals surface area contributed by atoms with Crippen molar-refractivity contribution >= 4 is 40.9 Å². The Morgan fingerprint density at radius 3 is 2.27 bits per heavy atom. The second-order valence-corrected chi connectivity index (χ2v) is 7.17. The fraction of sp³-hybridized carbons (Fsp3) is 0.227. The molecule has 2 aromatic rings. The topological polar surface area (TPSA) is 176 Å². The van der Waals surface area contributed by atoms with Crippen LogP contribution >= 0.6 is 0 Å². The number of anilines is 2. The van der Waals surface area contributed by atoms with E-state index >= 15 is 0 Å². The molecule has 11 nitrogen and oxygen atoms in total. The third kappa shape index (κ3) is 7.35. The van der Waals surface area contributed by atoms with Gasteiger partial charge in [-0.15, -0.1) is 0 Å². The molecule has 8 N–H and O–H groups in total. The number of hydrogen-bond acceptors (Lipinski definition) is 6. The van der Waals surface area contributed by atoms with E-state index in [9.17, 15) is 14.4 Å². The molecule has 11 heteroatoms. The predicted octanol–water partition coefficient (Wildman–Crippen LogP) is 0.272. The predicted molar refractivity (Wildman–Crippen MR) is 127 cm³/mol. The molecule has 3 amide bonds. The minimum atomic E-state index is -0.421. The van der Waals surface area contributed by atoms with E-state index in [2.05, 4.69) is 31.3 Å². The first-order valence-corrected chi connectivity index (χ1v) is 10.3. The largest absolute Gasteiger partial charge is 0.372 e. The molecule has 0 saturated carbocycles. The van der Waals surface area contributed by atoms with Crippen LogP contribution in [0.25, 0.3) is 0 Å². The van der Waals surface area contributed by atoms with Gasteiger partial charge in [0.2, 0.25) is 5.91 Å². The number of guanidine groups is 1. The number of rotatable bonds is 9. The van der Waals surface area contributed by atoms with Crippen LogP contribution in [0.3, 0.4) is 0 Å². The standard InChI is InChI=1S/C22H26N8O3/c23-22(24)28-13-19(31)29-16-5-2-4-15(12-16)21(33)30-17-6-1-3-14(11-17)20(32)27-8-7-18-25-9-10-26-18/h1-6,11-12H,7-10,13H2,(H,25,26)(H,27,32)(H,29,31)(H,30,33)(H4,23,24,28). The second-order valence-electron chi connectivity index (χ2n) is 7.17. The Hall–Kier alpha value is -4.41. The summed E-state index contributed by atoms with van der Waals surface area (Å²) in [5, 5.41) is 11.4. The van der Waals surface area contributed by atoms with Crippen molar-refractivity contribution < 1.29 is 14.4 Å². The minimum absolute atomic E-state index is 0.186. The first kappa shape index (κ1) is 23.3. The van der Waals surface area contributed by atoms with Gasteiger partial charge >= 0.3 is 0 Å². The van der Waals surface area contributed by atoms with Gasteiger partial charge in [0, 0.05) is 42.0 Å². The average Bonchev–Trinajstić information content (AvgIpc) is 3.31. The summed E-state index contributed by atoms with van der Waals surface area (Å²) >= 11 is 0. The van der Waals surface area contributed by atoms with Crippen LogP contribution in [0.2, 0.25) is 0 Å². The summed E-state index contributed by atoms with van der Waals surface area (Å²) in [4.78, 5) is 44.9. The number of carbonyl (C=O) groups is 3. The Labute approximate surface area is 190 Å². The first-order chi connectivity index (χ1) is 15.9. The summed E-state index contributed by atoms with van der Waals surface area (Å²) in [5.74, 6) is -0.343. The summed E-state index contributed by atoms with van der Waals surface area (Å²) in [6, 6.07) is 13.1. The maximum Gasteiger partial charge on any atom is 0.255 e. The molecule has 2 aromatic carbocycles. The highest BCUT2D eigenvalue weighted by Gasteiger charge is 2.11. The van der Waals surface area contributed by atoms with Gasteiger partial charge < -0.3 is 32.7 Å². The van der Waals surface area contributed by atoms with Crippen molar-refractivity contribution in [2.45, 2.75) is 6.42 Å². The average molecular weight is 451 g/mol. The van der Waals surface area contributed by atoms with Crippen molar-refractivity contribution in [1.82, 2.24) is 10.6 Å². The summed E-state index contributed by atoms with van der Waals surface area (Å²) in [6.07, 6.45) is 0.640. The highest BCUT2D eigenvalue weighted by molar-refractivity contribution is 6.06. The van der Waals surface area contributed by atoms with Gasteiger partial charge in [-0.2, -0.15) is 0 Å². The highest BCUT2D eigenvalue weighted by Crippen LogP contribution is 2.15. The third-order valence-electron chi connectivity index (χ3n) is 4.59. The summed E-state index contributed by atoms with van der Waals surface area (Å²) < 4.78 is 0. The van der Waals surface area contributed by atoms with Gasteiger partial charge in [0.1, 0.15) is 6.54 Å². The summed E-state index contributed by atoms with van der Waals surface area (Å²) in [6.45, 7) is 1.83. The molecule has 1 aliphatic heterocycles. The molecule has 3 rings (SSSR count). The highest BCUT2D eigenvalue weighted by atomic mass is 16.2. The number of nitrogens with zero attached hydrogens (tertiary/aromatic N) is 2. The Morgan fingerprint density at radius 1 is 0.970 bits per heavy atom. The van der Waals surface area contributed by atoms with E-state index in [1.54, 1.807) is 42.5 Å². The Morgan fingerprint density at radius 2 is 1.64 bits per heavy atom. The van der Waals surface area contributed by atoms with Crippen molar-refractivity contribution in [3.05, 3.63) is 59.7 Å². The SMILES string of the molecule is NC(N)=NCC(=O)Nc1cccc(C(=O)Nc2cccc(C(=O)NCCC3=NCCN3)c2)c1. The van der Waals surface area contributed by atoms with E-state index in [1.165, 1.54) is 6.07 Å². The second kappa shape index (κ2) is 11.3. The van der Waals surface area contributed by atoms with Crippen LogP contribution in [0.15, 0.2) is 58.5 Å². The minimum Gasteiger partial charge on any atom is -0.372 e. The molecule has 0 aliphatic carbocycles. The Balaban J connectivity index is 1.57. The van der Waals surface area contributed by atoms with Crippen LogP contribution in [-0.4, -0.2) is 55.7 Å². The summed E-state index contributed by atoms with van der Waals surface area (Å²) in [7, 11) is 0. The van der Waals surface area contributed by atoms with Crippen LogP contribution in [0.5, 0.6) is 0 Å². The van der Waals surface area contributed by atoms with Crippen molar-refractivity contribution in [3.63, 3.8) is 0 Å². The Kier molecular flexibility index (Phi) is 7.95. The van der Waals surface area contributed by atoms with Gasteiger partial charge in [-0.3, -0.25) is 19.4 Å². The fourth-order valence-corrected chi connectivity index (χ4v) is 3.05. The van der Waals surface area contributed by atoms with Crippen molar-refractivity contribution in [1.29, 1.82) is 0 Å². The molecule has 0 unspecified atom stereocenters. The fourth-order valence-electron chi connectivity index (χ4n) is 3.05. The maximum atomic E-state index is 12.7. The molecule has 1 aliphatic rings. The third-order valence-corrected chi connectivity index (χ3v) is 4.59. The lowest BCUT2D eigenvalue weighted by atomic mass is 10.1. The van der Waals surface area contributed by atoms with Gasteiger partial charge in [-0.25, -0.2) is 4.99 Å². The molecule has 172 valence electrons. The Bertz CT molecular complexity index is 1090. The molecule has 1 heterocycles. The number of amides is 3. The number of hydrogen-bond donors (Lipinski definition) is 6. The molecule has 0 radical (unpaired) electrons. The molecule has 33 heavy (non-hydrogen) atoms. The number of nitrogens with one attached hydrogen (secondary N) is 4. The summed E-state index contributed by atoms with van der Waals surface area (Å²) in [5.41, 5.74) is 12.1. The molecule has 0 spiro atoms. The monoisotopic (exact) mass is 450 g/mol. The lowest BCUT2D eigenvalue weighted by Crippen LogP contribution is -2.29. The number of aliphatic imine (C=N–C) groups is 2. The van der Waals surface area contributed by atoms with Crippen LogP contribution in [0.1, 0.15) is 27.1 Å². The molecule has 0 fully saturated rings. The van der Waals surface area contributed by atoms with Crippen LogP contribution in [-0.2, 0) is 4.79 Å². The molecule has 0 saturated heterocycles.